The van der Waals surface area contributed by atoms with E-state index in [9.17, 15) is 39.5 Å². The standard InChI is InChI=1S/C17H25N5O.3C2HF3O2/c1-19-3-5-20(6-4-19)11-16-12-22-8-7-21(13-17(22)18-16)10-15-2-9-23-14-15;3*3-2(4,5)1(6)7/h2,9,12,14H,3-8,10-11,13H2,1H3;3*(H,6,7). The molecule has 12 nitrogen and oxygen atoms in total. The Morgan fingerprint density at radius 2 is 1.23 bits per heavy atom. The van der Waals surface area contributed by atoms with E-state index in [0.717, 1.165) is 58.9 Å². The highest BCUT2D eigenvalue weighted by Gasteiger charge is 2.39. The number of fused-ring (bicyclic) bond motifs is 1. The highest BCUT2D eigenvalue weighted by Crippen LogP contribution is 2.18. The zero-order valence-corrected chi connectivity index (χ0v) is 22.8. The minimum Gasteiger partial charge on any atom is -0.475 e. The predicted octanol–water partition coefficient (Wildman–Crippen LogP) is 3.14. The van der Waals surface area contributed by atoms with E-state index in [1.165, 1.54) is 17.1 Å². The molecular weight excluding hydrogens is 629 g/mol. The number of imidazole rings is 1. The Morgan fingerprint density at radius 3 is 1.64 bits per heavy atom. The Balaban J connectivity index is 0.000000379. The first-order valence-electron chi connectivity index (χ1n) is 12.2. The molecule has 3 N–H and O–H groups in total. The molecule has 4 heterocycles. The van der Waals surface area contributed by atoms with E-state index in [4.69, 9.17) is 39.1 Å². The number of hydrogen-bond donors (Lipinski definition) is 3. The Bertz CT molecular complexity index is 1130. The Labute approximate surface area is 242 Å². The number of piperazine rings is 1. The lowest BCUT2D eigenvalue weighted by molar-refractivity contribution is -0.193. The van der Waals surface area contributed by atoms with Gasteiger partial charge in [-0.1, -0.05) is 0 Å². The highest BCUT2D eigenvalue weighted by molar-refractivity contribution is 5.73. The molecule has 0 amide bonds. The summed E-state index contributed by atoms with van der Waals surface area (Å²) in [7, 11) is 2.20. The molecule has 44 heavy (non-hydrogen) atoms. The Morgan fingerprint density at radius 1 is 0.773 bits per heavy atom. The lowest BCUT2D eigenvalue weighted by Gasteiger charge is -2.31. The number of rotatable bonds is 4. The van der Waals surface area contributed by atoms with Gasteiger partial charge in [0.1, 0.15) is 5.82 Å². The second-order valence-corrected chi connectivity index (χ2v) is 9.17. The Hall–Kier alpha value is -3.85. The van der Waals surface area contributed by atoms with Crippen molar-refractivity contribution in [3.05, 3.63) is 41.9 Å². The number of carbonyl (C=O) groups is 3. The van der Waals surface area contributed by atoms with E-state index in [1.54, 1.807) is 6.26 Å². The van der Waals surface area contributed by atoms with Crippen LogP contribution in [0.2, 0.25) is 0 Å². The summed E-state index contributed by atoms with van der Waals surface area (Å²) < 4.78 is 103. The summed E-state index contributed by atoms with van der Waals surface area (Å²) in [6.45, 7) is 9.56. The van der Waals surface area contributed by atoms with Crippen LogP contribution in [0.15, 0.2) is 29.2 Å². The van der Waals surface area contributed by atoms with Crippen LogP contribution in [0.4, 0.5) is 39.5 Å². The summed E-state index contributed by atoms with van der Waals surface area (Å²) in [5, 5.41) is 21.4. The van der Waals surface area contributed by atoms with Crippen molar-refractivity contribution in [1.82, 2.24) is 24.3 Å². The lowest BCUT2D eigenvalue weighted by atomic mass is 10.3. The fourth-order valence-electron chi connectivity index (χ4n) is 3.45. The van der Waals surface area contributed by atoms with E-state index in [2.05, 4.69) is 32.5 Å². The number of carboxylic acid groups (broad SMARTS) is 3. The summed E-state index contributed by atoms with van der Waals surface area (Å²) >= 11 is 0. The SMILES string of the molecule is CN1CCN(Cc2cn3c(n2)CN(Cc2ccoc2)CC3)CC1.O=C(O)C(F)(F)F.O=C(O)C(F)(F)F.O=C(O)C(F)(F)F. The molecule has 21 heteroatoms. The maximum atomic E-state index is 10.6. The predicted molar refractivity (Wildman–Crippen MR) is 129 cm³/mol. The fourth-order valence-corrected chi connectivity index (χ4v) is 3.45. The molecule has 0 radical (unpaired) electrons. The lowest BCUT2D eigenvalue weighted by Crippen LogP contribution is -2.43. The van der Waals surface area contributed by atoms with Crippen molar-refractivity contribution in [3.8, 4) is 0 Å². The van der Waals surface area contributed by atoms with Crippen LogP contribution in [0.1, 0.15) is 17.1 Å². The average Bonchev–Trinajstić information content (AvgIpc) is 3.54. The number of carboxylic acids is 3. The molecule has 0 unspecified atom stereocenters. The van der Waals surface area contributed by atoms with E-state index in [-0.39, 0.29) is 0 Å². The van der Waals surface area contributed by atoms with E-state index >= 15 is 0 Å². The topological polar surface area (TPSA) is 153 Å². The summed E-state index contributed by atoms with van der Waals surface area (Å²) in [4.78, 5) is 38.9. The molecule has 1 fully saturated rings. The first kappa shape index (κ1) is 38.2. The summed E-state index contributed by atoms with van der Waals surface area (Å²) in [6, 6.07) is 2.04. The van der Waals surface area contributed by atoms with Gasteiger partial charge in [0.05, 0.1) is 24.8 Å². The van der Waals surface area contributed by atoms with Gasteiger partial charge >= 0.3 is 36.4 Å². The minimum absolute atomic E-state index is 0.925. The van der Waals surface area contributed by atoms with Gasteiger partial charge in [0.2, 0.25) is 0 Å². The van der Waals surface area contributed by atoms with Crippen LogP contribution >= 0.6 is 0 Å². The molecular formula is C23H28F9N5O7. The van der Waals surface area contributed by atoms with E-state index in [0.29, 0.717) is 0 Å². The molecule has 4 rings (SSSR count). The highest BCUT2D eigenvalue weighted by atomic mass is 19.4. The molecule has 2 aromatic rings. The normalized spacial score (nSPS) is 16.2. The first-order chi connectivity index (χ1) is 20.1. The van der Waals surface area contributed by atoms with Gasteiger partial charge in [-0.05, 0) is 13.1 Å². The van der Waals surface area contributed by atoms with Gasteiger partial charge < -0.3 is 29.2 Å². The van der Waals surface area contributed by atoms with Gasteiger partial charge in [-0.25, -0.2) is 19.4 Å². The summed E-state index contributed by atoms with van der Waals surface area (Å²) in [5.74, 6) is -7.07. The molecule has 0 saturated carbocycles. The molecule has 0 spiro atoms. The third-order valence-corrected chi connectivity index (χ3v) is 5.63. The number of nitrogens with zero attached hydrogens (tertiary/aromatic N) is 5. The second-order valence-electron chi connectivity index (χ2n) is 9.17. The fraction of sp³-hybridized carbons (Fsp3) is 0.565. The van der Waals surface area contributed by atoms with Crippen molar-refractivity contribution in [1.29, 1.82) is 0 Å². The third-order valence-electron chi connectivity index (χ3n) is 5.63. The van der Waals surface area contributed by atoms with E-state index in [1.807, 2.05) is 12.3 Å². The average molecular weight is 657 g/mol. The monoisotopic (exact) mass is 657 g/mol. The molecule has 0 aliphatic carbocycles. The zero-order chi connectivity index (χ0) is 33.9. The maximum absolute atomic E-state index is 10.6. The Kier molecular flexibility index (Phi) is 14.1. The minimum atomic E-state index is -5.08. The number of furan rings is 1. The maximum Gasteiger partial charge on any atom is 0.490 e. The van der Waals surface area contributed by atoms with Crippen molar-refractivity contribution in [2.45, 2.75) is 44.7 Å². The number of hydrogen-bond acceptors (Lipinski definition) is 8. The van der Waals surface area contributed by atoms with Crippen molar-refractivity contribution >= 4 is 17.9 Å². The van der Waals surface area contributed by atoms with Crippen LogP contribution in [0, 0.1) is 0 Å². The van der Waals surface area contributed by atoms with Gasteiger partial charge in [0.15, 0.2) is 0 Å². The first-order valence-corrected chi connectivity index (χ1v) is 12.2. The number of aromatic nitrogens is 2. The second kappa shape index (κ2) is 16.3. The molecule has 2 aliphatic heterocycles. The van der Waals surface area contributed by atoms with Crippen molar-refractivity contribution in [2.24, 2.45) is 0 Å². The smallest absolute Gasteiger partial charge is 0.475 e. The number of likely N-dealkylation sites (N-methyl/N-ethyl adjacent to an activating group) is 1. The molecule has 2 aromatic heterocycles. The van der Waals surface area contributed by atoms with E-state index < -0.39 is 36.4 Å². The van der Waals surface area contributed by atoms with Gasteiger partial charge in [-0.2, -0.15) is 39.5 Å². The van der Waals surface area contributed by atoms with Gasteiger partial charge in [0.25, 0.3) is 0 Å². The van der Waals surface area contributed by atoms with Gasteiger partial charge in [-0.3, -0.25) is 9.80 Å². The summed E-state index contributed by atoms with van der Waals surface area (Å²) in [6.07, 6.45) is -9.42. The molecule has 0 bridgehead atoms. The van der Waals surface area contributed by atoms with Crippen LogP contribution in [-0.4, -0.2) is 116 Å². The van der Waals surface area contributed by atoms with Crippen LogP contribution in [0.3, 0.4) is 0 Å². The van der Waals surface area contributed by atoms with Crippen LogP contribution in [0.5, 0.6) is 0 Å². The third kappa shape index (κ3) is 14.6. The van der Waals surface area contributed by atoms with Crippen LogP contribution in [-0.2, 0) is 40.6 Å². The van der Waals surface area contributed by atoms with Crippen molar-refractivity contribution < 1.29 is 73.6 Å². The molecule has 2 aliphatic rings. The van der Waals surface area contributed by atoms with Gasteiger partial charge in [0, 0.05) is 64.1 Å². The van der Waals surface area contributed by atoms with Crippen molar-refractivity contribution in [2.75, 3.05) is 39.8 Å². The number of halogens is 9. The molecule has 1 saturated heterocycles. The van der Waals surface area contributed by atoms with Crippen LogP contribution < -0.4 is 0 Å². The number of alkyl halides is 9. The van der Waals surface area contributed by atoms with Crippen molar-refractivity contribution in [3.63, 3.8) is 0 Å². The zero-order valence-electron chi connectivity index (χ0n) is 22.8. The molecule has 0 atom stereocenters. The molecule has 250 valence electrons. The molecule has 0 aromatic carbocycles. The van der Waals surface area contributed by atoms with Gasteiger partial charge in [-0.15, -0.1) is 0 Å². The largest absolute Gasteiger partial charge is 0.490 e. The summed E-state index contributed by atoms with van der Waals surface area (Å²) in [5.41, 5.74) is 2.46. The quantitative estimate of drug-likeness (QED) is 0.416. The van der Waals surface area contributed by atoms with Crippen LogP contribution in [0.25, 0.3) is 0 Å². The number of aliphatic carboxylic acids is 3.